The third-order valence-corrected chi connectivity index (χ3v) is 5.48. The highest BCUT2D eigenvalue weighted by Gasteiger charge is 2.17. The summed E-state index contributed by atoms with van der Waals surface area (Å²) in [5.41, 5.74) is 3.74. The zero-order valence-electron chi connectivity index (χ0n) is 15.9. The van der Waals surface area contributed by atoms with Crippen molar-refractivity contribution in [2.45, 2.75) is 27.7 Å². The fourth-order valence-corrected chi connectivity index (χ4v) is 4.00. The first-order chi connectivity index (χ1) is 12.8. The van der Waals surface area contributed by atoms with Gasteiger partial charge in [0.25, 0.3) is 5.56 Å². The molecule has 5 nitrogen and oxygen atoms in total. The summed E-state index contributed by atoms with van der Waals surface area (Å²) >= 11 is 1.40. The molecule has 1 N–H and O–H groups in total. The van der Waals surface area contributed by atoms with Crippen molar-refractivity contribution >= 4 is 37.5 Å². The summed E-state index contributed by atoms with van der Waals surface area (Å²) in [6.45, 7) is 9.40. The number of benzene rings is 1. The van der Waals surface area contributed by atoms with Crippen LogP contribution in [0.4, 0.5) is 5.69 Å². The van der Waals surface area contributed by atoms with E-state index in [2.05, 4.69) is 36.1 Å². The van der Waals surface area contributed by atoms with E-state index in [1.165, 1.54) is 11.3 Å². The lowest BCUT2D eigenvalue weighted by Crippen LogP contribution is -2.19. The number of aryl methyl sites for hydroxylation is 1. The number of anilines is 1. The van der Waals surface area contributed by atoms with Crippen LogP contribution in [0.1, 0.15) is 26.3 Å². The van der Waals surface area contributed by atoms with Gasteiger partial charge in [-0.1, -0.05) is 38.5 Å². The Morgan fingerprint density at radius 2 is 1.85 bits per heavy atom. The first kappa shape index (κ1) is 17.7. The average molecular weight is 379 g/mol. The molecule has 0 saturated carbocycles. The van der Waals surface area contributed by atoms with Gasteiger partial charge < -0.3 is 5.32 Å². The zero-order valence-corrected chi connectivity index (χ0v) is 16.7. The summed E-state index contributed by atoms with van der Waals surface area (Å²) < 4.78 is 2.23. The van der Waals surface area contributed by atoms with E-state index in [-0.39, 0.29) is 11.0 Å². The zero-order chi connectivity index (χ0) is 19.2. The lowest BCUT2D eigenvalue weighted by molar-refractivity contribution is 0.443. The molecule has 138 valence electrons. The van der Waals surface area contributed by atoms with Crippen LogP contribution in [-0.4, -0.2) is 21.1 Å². The van der Waals surface area contributed by atoms with Crippen molar-refractivity contribution in [3.63, 3.8) is 0 Å². The van der Waals surface area contributed by atoms with Crippen molar-refractivity contribution in [2.75, 3.05) is 11.9 Å². The third kappa shape index (κ3) is 3.32. The molecule has 27 heavy (non-hydrogen) atoms. The summed E-state index contributed by atoms with van der Waals surface area (Å²) in [5, 5.41) is 4.42. The van der Waals surface area contributed by atoms with Crippen LogP contribution in [0.5, 0.6) is 0 Å². The summed E-state index contributed by atoms with van der Waals surface area (Å²) in [4.78, 5) is 23.0. The minimum atomic E-state index is -0.0615. The quantitative estimate of drug-likeness (QED) is 0.558. The molecule has 0 aliphatic carbocycles. The molecule has 0 unspecified atom stereocenters. The van der Waals surface area contributed by atoms with Gasteiger partial charge in [0.15, 0.2) is 0 Å². The van der Waals surface area contributed by atoms with Gasteiger partial charge in [0.1, 0.15) is 15.9 Å². The van der Waals surface area contributed by atoms with Crippen LogP contribution in [0, 0.1) is 12.3 Å². The standard InChI is InChI=1S/C21H22N4OS/c1-13-5-7-14(8-6-13)25-12-24-17-16-15(23-11-21(2,3)4)9-10-22-19(16)27-18(17)20(25)26/h5-10,12H,11H2,1-4H3,(H,22,23). The minimum absolute atomic E-state index is 0.0615. The molecule has 0 bridgehead atoms. The fraction of sp³-hybridized carbons (Fsp3) is 0.286. The Morgan fingerprint density at radius 1 is 1.11 bits per heavy atom. The second kappa shape index (κ2) is 6.46. The SMILES string of the molecule is Cc1ccc(-n2cnc3c(sc4nccc(NCC(C)(C)C)c43)c2=O)cc1. The highest BCUT2D eigenvalue weighted by atomic mass is 32.1. The van der Waals surface area contributed by atoms with E-state index in [4.69, 9.17) is 0 Å². The Kier molecular flexibility index (Phi) is 4.23. The van der Waals surface area contributed by atoms with Crippen LogP contribution < -0.4 is 10.9 Å². The second-order valence-electron chi connectivity index (χ2n) is 7.99. The van der Waals surface area contributed by atoms with Crippen LogP contribution in [0.25, 0.3) is 26.1 Å². The molecule has 4 aromatic rings. The van der Waals surface area contributed by atoms with E-state index < -0.39 is 0 Å². The lowest BCUT2D eigenvalue weighted by Gasteiger charge is -2.20. The summed E-state index contributed by atoms with van der Waals surface area (Å²) in [6.07, 6.45) is 3.39. The molecule has 6 heteroatoms. The van der Waals surface area contributed by atoms with Gasteiger partial charge in [-0.2, -0.15) is 0 Å². The Hall–Kier alpha value is -2.73. The minimum Gasteiger partial charge on any atom is -0.384 e. The van der Waals surface area contributed by atoms with Crippen LogP contribution in [0.3, 0.4) is 0 Å². The molecule has 0 spiro atoms. The largest absolute Gasteiger partial charge is 0.384 e. The van der Waals surface area contributed by atoms with Crippen LogP contribution in [0.2, 0.25) is 0 Å². The highest BCUT2D eigenvalue weighted by molar-refractivity contribution is 7.25. The first-order valence-corrected chi connectivity index (χ1v) is 9.75. The van der Waals surface area contributed by atoms with Crippen molar-refractivity contribution in [1.82, 2.24) is 14.5 Å². The smallest absolute Gasteiger partial charge is 0.275 e. The maximum Gasteiger partial charge on any atom is 0.275 e. The van der Waals surface area contributed by atoms with E-state index in [0.29, 0.717) is 10.2 Å². The Bertz CT molecular complexity index is 1180. The summed E-state index contributed by atoms with van der Waals surface area (Å²) in [5.74, 6) is 0. The maximum absolute atomic E-state index is 13.1. The van der Waals surface area contributed by atoms with E-state index in [1.54, 1.807) is 17.1 Å². The number of nitrogens with one attached hydrogen (secondary N) is 1. The van der Waals surface area contributed by atoms with Gasteiger partial charge in [0.05, 0.1) is 16.6 Å². The number of hydrogen-bond acceptors (Lipinski definition) is 5. The number of aromatic nitrogens is 3. The highest BCUT2D eigenvalue weighted by Crippen LogP contribution is 2.34. The number of pyridine rings is 1. The Morgan fingerprint density at radius 3 is 2.56 bits per heavy atom. The van der Waals surface area contributed by atoms with E-state index in [9.17, 15) is 4.79 Å². The van der Waals surface area contributed by atoms with Gasteiger partial charge in [0, 0.05) is 18.4 Å². The molecule has 0 radical (unpaired) electrons. The molecular weight excluding hydrogens is 356 g/mol. The maximum atomic E-state index is 13.1. The van der Waals surface area contributed by atoms with Crippen molar-refractivity contribution in [3.05, 3.63) is 58.8 Å². The molecule has 3 heterocycles. The van der Waals surface area contributed by atoms with Crippen molar-refractivity contribution < 1.29 is 0 Å². The van der Waals surface area contributed by atoms with Gasteiger partial charge in [-0.15, -0.1) is 11.3 Å². The summed E-state index contributed by atoms with van der Waals surface area (Å²) in [7, 11) is 0. The predicted octanol–water partition coefficient (Wildman–Crippen LogP) is 4.76. The monoisotopic (exact) mass is 378 g/mol. The van der Waals surface area contributed by atoms with Crippen molar-refractivity contribution in [3.8, 4) is 5.69 Å². The topological polar surface area (TPSA) is 59.8 Å². The van der Waals surface area contributed by atoms with Crippen LogP contribution >= 0.6 is 11.3 Å². The molecule has 0 aliphatic heterocycles. The Balaban J connectivity index is 1.88. The van der Waals surface area contributed by atoms with Crippen LogP contribution in [0.15, 0.2) is 47.7 Å². The molecule has 0 saturated heterocycles. The number of nitrogens with zero attached hydrogens (tertiary/aromatic N) is 3. The molecule has 3 aromatic heterocycles. The molecule has 0 atom stereocenters. The fourth-order valence-electron chi connectivity index (χ4n) is 2.95. The Labute approximate surface area is 161 Å². The van der Waals surface area contributed by atoms with E-state index in [0.717, 1.165) is 33.7 Å². The summed E-state index contributed by atoms with van der Waals surface area (Å²) in [6, 6.07) is 9.81. The molecule has 4 rings (SSSR count). The molecule has 0 fully saturated rings. The van der Waals surface area contributed by atoms with Gasteiger partial charge in [-0.25, -0.2) is 9.97 Å². The first-order valence-electron chi connectivity index (χ1n) is 8.93. The third-order valence-electron chi connectivity index (χ3n) is 4.40. The number of hydrogen-bond donors (Lipinski definition) is 1. The van der Waals surface area contributed by atoms with Gasteiger partial charge in [-0.05, 0) is 30.5 Å². The van der Waals surface area contributed by atoms with E-state index in [1.807, 2.05) is 37.3 Å². The number of thiophene rings is 1. The lowest BCUT2D eigenvalue weighted by atomic mass is 9.97. The van der Waals surface area contributed by atoms with Gasteiger partial charge in [0.2, 0.25) is 0 Å². The van der Waals surface area contributed by atoms with Gasteiger partial charge in [-0.3, -0.25) is 9.36 Å². The number of rotatable bonds is 3. The molecule has 0 aliphatic rings. The normalized spacial score (nSPS) is 12.0. The van der Waals surface area contributed by atoms with E-state index >= 15 is 0 Å². The van der Waals surface area contributed by atoms with Gasteiger partial charge >= 0.3 is 0 Å². The average Bonchev–Trinajstić information content (AvgIpc) is 3.01. The van der Waals surface area contributed by atoms with Crippen molar-refractivity contribution in [2.24, 2.45) is 5.41 Å². The molecule has 1 aromatic carbocycles. The second-order valence-corrected chi connectivity index (χ2v) is 8.99. The predicted molar refractivity (Wildman–Crippen MR) is 113 cm³/mol. The number of fused-ring (bicyclic) bond motifs is 3. The van der Waals surface area contributed by atoms with Crippen LogP contribution in [-0.2, 0) is 0 Å². The molecule has 0 amide bonds. The van der Waals surface area contributed by atoms with Crippen molar-refractivity contribution in [1.29, 1.82) is 0 Å². The molecular formula is C21H22N4OS.